The summed E-state index contributed by atoms with van der Waals surface area (Å²) in [7, 11) is 3.66. The van der Waals surface area contributed by atoms with Gasteiger partial charge in [0.2, 0.25) is 0 Å². The Morgan fingerprint density at radius 1 is 1.35 bits per heavy atom. The largest absolute Gasteiger partial charge is 0.479 e. The van der Waals surface area contributed by atoms with E-state index >= 15 is 0 Å². The highest BCUT2D eigenvalue weighted by molar-refractivity contribution is 8.00. The van der Waals surface area contributed by atoms with Crippen molar-refractivity contribution >= 4 is 34.9 Å². The molecule has 1 aromatic rings. The first-order valence-corrected chi connectivity index (χ1v) is 9.06. The molecule has 0 saturated heterocycles. The molecule has 23 heavy (non-hydrogen) atoms. The molecule has 128 valence electrons. The van der Waals surface area contributed by atoms with Gasteiger partial charge in [0.05, 0.1) is 4.99 Å². The number of hydrogen-bond donors (Lipinski definition) is 1. The number of nitrogens with zero attached hydrogens (tertiary/aromatic N) is 2. The number of rotatable bonds is 8. The molecule has 0 aliphatic carbocycles. The van der Waals surface area contributed by atoms with E-state index in [9.17, 15) is 9.90 Å². The van der Waals surface area contributed by atoms with Gasteiger partial charge >= 0.3 is 5.97 Å². The predicted octanol–water partition coefficient (Wildman–Crippen LogP) is 3.87. The van der Waals surface area contributed by atoms with Crippen molar-refractivity contribution < 1.29 is 9.90 Å². The molecule has 0 aliphatic rings. The fraction of sp³-hybridized carbons (Fsp3) is 0.529. The quantitative estimate of drug-likeness (QED) is 0.434. The highest BCUT2D eigenvalue weighted by Gasteiger charge is 2.44. The van der Waals surface area contributed by atoms with E-state index in [0.717, 1.165) is 12.0 Å². The van der Waals surface area contributed by atoms with Crippen molar-refractivity contribution in [3.05, 3.63) is 35.9 Å². The maximum Gasteiger partial charge on any atom is 0.341 e. The first-order valence-electron chi connectivity index (χ1n) is 7.66. The lowest BCUT2D eigenvalue weighted by atomic mass is 10.1. The summed E-state index contributed by atoms with van der Waals surface area (Å²) in [4.78, 5) is 11.6. The average molecular weight is 355 g/mol. The van der Waals surface area contributed by atoms with Gasteiger partial charge in [0.15, 0.2) is 4.87 Å². The summed E-state index contributed by atoms with van der Waals surface area (Å²) in [6, 6.07) is 9.88. The highest BCUT2D eigenvalue weighted by atomic mass is 32.2. The zero-order chi connectivity index (χ0) is 17.6. The van der Waals surface area contributed by atoms with E-state index in [4.69, 9.17) is 12.2 Å². The molecule has 1 rings (SSSR count). The number of hydrogen-bond acceptors (Lipinski definition) is 4. The van der Waals surface area contributed by atoms with Crippen LogP contribution in [0.25, 0.3) is 0 Å². The van der Waals surface area contributed by atoms with Gasteiger partial charge in [-0.2, -0.15) is 0 Å². The standard InChI is InChI=1S/C17H26N2O2S2/c1-6-13(2)15(22)19(18(4)5)17(3,16(20)21)23-12-14-10-8-7-9-11-14/h7-11,13H,6,12H2,1-5H3,(H,20,21)/t13-,17?/m0/s1. The molecule has 0 saturated carbocycles. The number of carboxylic acids is 1. The molecular formula is C17H26N2O2S2. The fourth-order valence-corrected chi connectivity index (χ4v) is 3.90. The SMILES string of the molecule is CC[C@H](C)C(=S)N(N(C)C)C(C)(SCc1ccccc1)C(=O)O. The second-order valence-corrected chi connectivity index (χ2v) is 7.66. The minimum Gasteiger partial charge on any atom is -0.479 e. The third-order valence-corrected chi connectivity index (χ3v) is 5.77. The Morgan fingerprint density at radius 2 is 1.91 bits per heavy atom. The zero-order valence-corrected chi connectivity index (χ0v) is 16.1. The molecule has 0 spiro atoms. The number of thioether (sulfide) groups is 1. The number of carboxylic acid groups (broad SMARTS) is 1. The van der Waals surface area contributed by atoms with Crippen LogP contribution < -0.4 is 0 Å². The van der Waals surface area contributed by atoms with Gasteiger partial charge in [0.1, 0.15) is 0 Å². The fourth-order valence-electron chi connectivity index (χ4n) is 2.18. The lowest BCUT2D eigenvalue weighted by Crippen LogP contribution is -2.59. The molecule has 0 fully saturated rings. The van der Waals surface area contributed by atoms with Crippen LogP contribution in [0.3, 0.4) is 0 Å². The Hall–Kier alpha value is -1.11. The van der Waals surface area contributed by atoms with Gasteiger partial charge in [-0.3, -0.25) is 5.01 Å². The Balaban J connectivity index is 3.08. The van der Waals surface area contributed by atoms with Crippen molar-refractivity contribution in [1.82, 2.24) is 10.0 Å². The van der Waals surface area contributed by atoms with E-state index in [1.54, 1.807) is 16.9 Å². The number of hydrazine groups is 1. The van der Waals surface area contributed by atoms with Crippen molar-refractivity contribution in [2.24, 2.45) is 5.92 Å². The molecule has 0 radical (unpaired) electrons. The number of benzene rings is 1. The van der Waals surface area contributed by atoms with Crippen molar-refractivity contribution in [3.8, 4) is 0 Å². The van der Waals surface area contributed by atoms with Gasteiger partial charge in [-0.25, -0.2) is 9.80 Å². The van der Waals surface area contributed by atoms with Crippen LogP contribution >= 0.6 is 24.0 Å². The minimum absolute atomic E-state index is 0.142. The molecule has 4 nitrogen and oxygen atoms in total. The molecule has 0 aromatic heterocycles. The van der Waals surface area contributed by atoms with Gasteiger partial charge in [0, 0.05) is 25.8 Å². The molecule has 0 bridgehead atoms. The monoisotopic (exact) mass is 354 g/mol. The molecule has 0 heterocycles. The van der Waals surface area contributed by atoms with Crippen LogP contribution in [0.5, 0.6) is 0 Å². The summed E-state index contributed by atoms with van der Waals surface area (Å²) in [5, 5.41) is 13.4. The molecule has 6 heteroatoms. The summed E-state index contributed by atoms with van der Waals surface area (Å²) in [5.74, 6) is -0.141. The third-order valence-electron chi connectivity index (χ3n) is 3.81. The molecule has 0 aliphatic heterocycles. The van der Waals surface area contributed by atoms with E-state index in [0.29, 0.717) is 10.7 Å². The van der Waals surface area contributed by atoms with Crippen LogP contribution in [0.4, 0.5) is 0 Å². The lowest BCUT2D eigenvalue weighted by molar-refractivity contribution is -0.147. The van der Waals surface area contributed by atoms with Crippen molar-refractivity contribution in [3.63, 3.8) is 0 Å². The van der Waals surface area contributed by atoms with Crippen molar-refractivity contribution in [2.75, 3.05) is 14.1 Å². The maximum atomic E-state index is 12.1. The third kappa shape index (κ3) is 4.93. The highest BCUT2D eigenvalue weighted by Crippen LogP contribution is 2.35. The van der Waals surface area contributed by atoms with Crippen LogP contribution in [-0.2, 0) is 10.5 Å². The van der Waals surface area contributed by atoms with Crippen LogP contribution in [-0.4, -0.2) is 45.0 Å². The topological polar surface area (TPSA) is 43.8 Å². The van der Waals surface area contributed by atoms with Crippen LogP contribution in [0.2, 0.25) is 0 Å². The maximum absolute atomic E-state index is 12.1. The van der Waals surface area contributed by atoms with Gasteiger partial charge in [-0.15, -0.1) is 11.8 Å². The van der Waals surface area contributed by atoms with Crippen LogP contribution in [0, 0.1) is 5.92 Å². The first kappa shape index (κ1) is 19.9. The van der Waals surface area contributed by atoms with Gasteiger partial charge < -0.3 is 5.11 Å². The average Bonchev–Trinajstić information content (AvgIpc) is 2.52. The number of thiocarbonyl (C=S) groups is 1. The van der Waals surface area contributed by atoms with E-state index in [1.807, 2.05) is 51.4 Å². The molecule has 0 amide bonds. The summed E-state index contributed by atoms with van der Waals surface area (Å²) < 4.78 is 0. The zero-order valence-electron chi connectivity index (χ0n) is 14.4. The number of carbonyl (C=O) groups is 1. The second-order valence-electron chi connectivity index (χ2n) is 5.87. The minimum atomic E-state index is -1.15. The number of aliphatic carboxylic acids is 1. The van der Waals surface area contributed by atoms with Crippen LogP contribution in [0.1, 0.15) is 32.8 Å². The summed E-state index contributed by atoms with van der Waals surface area (Å²) >= 11 is 6.95. The molecular weight excluding hydrogens is 328 g/mol. The van der Waals surface area contributed by atoms with Crippen molar-refractivity contribution in [1.29, 1.82) is 0 Å². The van der Waals surface area contributed by atoms with E-state index in [2.05, 4.69) is 6.92 Å². The van der Waals surface area contributed by atoms with Gasteiger partial charge in [0.25, 0.3) is 0 Å². The van der Waals surface area contributed by atoms with E-state index in [-0.39, 0.29) is 5.92 Å². The molecule has 2 atom stereocenters. The van der Waals surface area contributed by atoms with E-state index in [1.165, 1.54) is 11.8 Å². The molecule has 1 unspecified atom stereocenters. The Bertz CT molecular complexity index is 537. The predicted molar refractivity (Wildman–Crippen MR) is 101 cm³/mol. The summed E-state index contributed by atoms with van der Waals surface area (Å²) in [5.41, 5.74) is 1.10. The second kappa shape index (κ2) is 8.66. The van der Waals surface area contributed by atoms with Crippen LogP contribution in [0.15, 0.2) is 30.3 Å². The van der Waals surface area contributed by atoms with E-state index < -0.39 is 10.8 Å². The van der Waals surface area contributed by atoms with Gasteiger partial charge in [-0.1, -0.05) is 56.4 Å². The molecule has 1 N–H and O–H groups in total. The Morgan fingerprint density at radius 3 is 2.35 bits per heavy atom. The summed E-state index contributed by atoms with van der Waals surface area (Å²) in [6.07, 6.45) is 0.877. The van der Waals surface area contributed by atoms with Crippen molar-refractivity contribution in [2.45, 2.75) is 37.8 Å². The van der Waals surface area contributed by atoms with Gasteiger partial charge in [-0.05, 0) is 18.9 Å². The lowest BCUT2D eigenvalue weighted by Gasteiger charge is -2.44. The Labute approximate surface area is 148 Å². The normalized spacial score (nSPS) is 15.0. The Kier molecular flexibility index (Phi) is 7.51. The molecule has 1 aromatic carbocycles. The summed E-state index contributed by atoms with van der Waals surface area (Å²) in [6.45, 7) is 5.81. The first-order chi connectivity index (χ1) is 10.7. The smallest absolute Gasteiger partial charge is 0.341 e.